The lowest BCUT2D eigenvalue weighted by Gasteiger charge is -2.07. The molecule has 5 nitrogen and oxygen atoms in total. The molecule has 0 saturated heterocycles. The smallest absolute Gasteiger partial charge is 0.327 e. The van der Waals surface area contributed by atoms with Crippen LogP contribution in [0.5, 0.6) is 0 Å². The topological polar surface area (TPSA) is 70.1 Å². The molecule has 0 aromatic carbocycles. The van der Waals surface area contributed by atoms with Crippen molar-refractivity contribution >= 4 is 17.0 Å². The number of methoxy groups -OCH3 is 1. The number of fused-ring (bicyclic) bond motifs is 1. The van der Waals surface area contributed by atoms with Crippen molar-refractivity contribution in [3.8, 4) is 0 Å². The lowest BCUT2D eigenvalue weighted by molar-refractivity contribution is -0.142. The van der Waals surface area contributed by atoms with Crippen LogP contribution < -0.4 is 5.73 Å². The van der Waals surface area contributed by atoms with Crippen molar-refractivity contribution < 1.29 is 9.53 Å². The van der Waals surface area contributed by atoms with Crippen LogP contribution >= 0.6 is 0 Å². The van der Waals surface area contributed by atoms with Gasteiger partial charge in [0, 0.05) is 30.4 Å². The molecule has 2 aromatic rings. The van der Waals surface area contributed by atoms with Crippen molar-refractivity contribution in [1.29, 1.82) is 0 Å². The fourth-order valence-corrected chi connectivity index (χ4v) is 1.74. The van der Waals surface area contributed by atoms with E-state index in [9.17, 15) is 4.79 Å². The van der Waals surface area contributed by atoms with Crippen LogP contribution in [0, 0.1) is 0 Å². The van der Waals surface area contributed by atoms with E-state index in [1.54, 1.807) is 12.4 Å². The number of hydrogen-bond donors (Lipinski definition) is 1. The first-order valence-electron chi connectivity index (χ1n) is 4.88. The van der Waals surface area contributed by atoms with Crippen molar-refractivity contribution in [3.05, 3.63) is 30.1 Å². The van der Waals surface area contributed by atoms with E-state index in [4.69, 9.17) is 5.73 Å². The zero-order valence-corrected chi connectivity index (χ0v) is 9.18. The Balaban J connectivity index is 2.57. The van der Waals surface area contributed by atoms with Gasteiger partial charge in [-0.15, -0.1) is 0 Å². The van der Waals surface area contributed by atoms with E-state index in [1.165, 1.54) is 7.11 Å². The zero-order valence-electron chi connectivity index (χ0n) is 9.18. The Morgan fingerprint density at radius 3 is 3.06 bits per heavy atom. The molecule has 0 spiro atoms. The van der Waals surface area contributed by atoms with Crippen molar-refractivity contribution in [3.63, 3.8) is 0 Å². The Labute approximate surface area is 92.8 Å². The van der Waals surface area contributed by atoms with Crippen LogP contribution in [0.15, 0.2) is 24.5 Å². The molecule has 0 bridgehead atoms. The third-order valence-corrected chi connectivity index (χ3v) is 2.55. The predicted octanol–water partition coefficient (Wildman–Crippen LogP) is 0.746. The molecule has 0 fully saturated rings. The largest absolute Gasteiger partial charge is 0.468 e. The molecule has 0 radical (unpaired) electrons. The summed E-state index contributed by atoms with van der Waals surface area (Å²) in [6.07, 6.45) is 3.51. The van der Waals surface area contributed by atoms with E-state index in [1.807, 2.05) is 23.7 Å². The summed E-state index contributed by atoms with van der Waals surface area (Å²) in [5.74, 6) is -0.448. The van der Waals surface area contributed by atoms with E-state index >= 15 is 0 Å². The monoisotopic (exact) mass is 219 g/mol. The second kappa shape index (κ2) is 3.94. The summed E-state index contributed by atoms with van der Waals surface area (Å²) >= 11 is 0. The molecular weight excluding hydrogens is 206 g/mol. The van der Waals surface area contributed by atoms with E-state index < -0.39 is 12.0 Å². The van der Waals surface area contributed by atoms with Crippen molar-refractivity contribution in [2.24, 2.45) is 12.8 Å². The lowest BCUT2D eigenvalue weighted by Crippen LogP contribution is -2.22. The average molecular weight is 219 g/mol. The molecule has 0 aliphatic carbocycles. The van der Waals surface area contributed by atoms with E-state index in [0.717, 1.165) is 16.6 Å². The predicted molar refractivity (Wildman–Crippen MR) is 59.7 cm³/mol. The highest BCUT2D eigenvalue weighted by atomic mass is 16.5. The molecule has 0 amide bonds. The third-order valence-electron chi connectivity index (χ3n) is 2.55. The summed E-state index contributed by atoms with van der Waals surface area (Å²) in [6.45, 7) is 0. The first-order chi connectivity index (χ1) is 7.65. The van der Waals surface area contributed by atoms with Gasteiger partial charge in [-0.3, -0.25) is 4.79 Å². The van der Waals surface area contributed by atoms with Crippen LogP contribution in [-0.4, -0.2) is 22.6 Å². The molecule has 0 aliphatic rings. The normalized spacial score (nSPS) is 12.7. The molecule has 16 heavy (non-hydrogen) atoms. The van der Waals surface area contributed by atoms with E-state index in [0.29, 0.717) is 0 Å². The minimum absolute atomic E-state index is 0.448. The molecule has 2 aromatic heterocycles. The molecule has 2 rings (SSSR count). The molecule has 2 N–H and O–H groups in total. The maximum absolute atomic E-state index is 11.4. The summed E-state index contributed by atoms with van der Waals surface area (Å²) in [5, 5.41) is 0.878. The van der Waals surface area contributed by atoms with Gasteiger partial charge in [0.1, 0.15) is 11.7 Å². The summed E-state index contributed by atoms with van der Waals surface area (Å²) < 4.78 is 6.47. The number of nitrogens with zero attached hydrogens (tertiary/aromatic N) is 2. The number of nitrogens with two attached hydrogens (primary N) is 1. The highest BCUT2D eigenvalue weighted by Crippen LogP contribution is 2.23. The van der Waals surface area contributed by atoms with Crippen molar-refractivity contribution in [2.75, 3.05) is 7.11 Å². The first kappa shape index (κ1) is 10.6. The van der Waals surface area contributed by atoms with Crippen LogP contribution in [0.4, 0.5) is 0 Å². The standard InChI is InChI=1S/C11H13N3O2/c1-14-6-8(9(12)11(15)16-2)7-4-3-5-13-10(7)14/h3-6,9H,12H2,1-2H3. The summed E-state index contributed by atoms with van der Waals surface area (Å²) in [7, 11) is 3.19. The molecule has 84 valence electrons. The number of esters is 1. The average Bonchev–Trinajstić information content (AvgIpc) is 2.65. The van der Waals surface area contributed by atoms with Crippen LogP contribution in [0.25, 0.3) is 11.0 Å². The zero-order chi connectivity index (χ0) is 11.7. The summed E-state index contributed by atoms with van der Waals surface area (Å²) in [5.41, 5.74) is 7.35. The molecule has 5 heteroatoms. The van der Waals surface area contributed by atoms with Gasteiger partial charge in [-0.25, -0.2) is 4.98 Å². The van der Waals surface area contributed by atoms with Gasteiger partial charge in [0.25, 0.3) is 0 Å². The number of aryl methyl sites for hydroxylation is 1. The number of carbonyl (C=O) groups is 1. The van der Waals surface area contributed by atoms with Crippen LogP contribution in [0.1, 0.15) is 11.6 Å². The Morgan fingerprint density at radius 1 is 1.62 bits per heavy atom. The molecule has 2 heterocycles. The molecule has 1 atom stereocenters. The molecular formula is C11H13N3O2. The third kappa shape index (κ3) is 1.55. The number of ether oxygens (including phenoxy) is 1. The van der Waals surface area contributed by atoms with Crippen LogP contribution in [-0.2, 0) is 16.6 Å². The maximum Gasteiger partial charge on any atom is 0.327 e. The van der Waals surface area contributed by atoms with E-state index in [2.05, 4.69) is 9.72 Å². The summed E-state index contributed by atoms with van der Waals surface area (Å²) in [4.78, 5) is 15.6. The van der Waals surface area contributed by atoms with Gasteiger partial charge in [0.15, 0.2) is 0 Å². The van der Waals surface area contributed by atoms with Crippen molar-refractivity contribution in [1.82, 2.24) is 9.55 Å². The fraction of sp³-hybridized carbons (Fsp3) is 0.273. The Bertz CT molecular complexity index is 533. The van der Waals surface area contributed by atoms with Crippen LogP contribution in [0.3, 0.4) is 0 Å². The number of pyridine rings is 1. The van der Waals surface area contributed by atoms with Crippen molar-refractivity contribution in [2.45, 2.75) is 6.04 Å². The van der Waals surface area contributed by atoms with E-state index in [-0.39, 0.29) is 0 Å². The molecule has 1 unspecified atom stereocenters. The number of rotatable bonds is 2. The quantitative estimate of drug-likeness (QED) is 0.756. The van der Waals surface area contributed by atoms with Gasteiger partial charge in [-0.2, -0.15) is 0 Å². The number of aromatic nitrogens is 2. The second-order valence-electron chi connectivity index (χ2n) is 3.57. The Morgan fingerprint density at radius 2 is 2.38 bits per heavy atom. The van der Waals surface area contributed by atoms with Gasteiger partial charge in [0.2, 0.25) is 0 Å². The van der Waals surface area contributed by atoms with Gasteiger partial charge >= 0.3 is 5.97 Å². The van der Waals surface area contributed by atoms with Gasteiger partial charge < -0.3 is 15.0 Å². The first-order valence-corrected chi connectivity index (χ1v) is 4.88. The molecule has 0 aliphatic heterocycles. The highest BCUT2D eigenvalue weighted by Gasteiger charge is 2.20. The lowest BCUT2D eigenvalue weighted by atomic mass is 10.1. The Hall–Kier alpha value is -1.88. The summed E-state index contributed by atoms with van der Waals surface area (Å²) in [6, 6.07) is 2.94. The maximum atomic E-state index is 11.4. The number of carbonyl (C=O) groups excluding carboxylic acids is 1. The minimum Gasteiger partial charge on any atom is -0.468 e. The number of hydrogen-bond acceptors (Lipinski definition) is 4. The second-order valence-corrected chi connectivity index (χ2v) is 3.57. The van der Waals surface area contributed by atoms with Gasteiger partial charge in [-0.1, -0.05) is 0 Å². The van der Waals surface area contributed by atoms with Crippen LogP contribution in [0.2, 0.25) is 0 Å². The Kier molecular flexibility index (Phi) is 2.62. The fourth-order valence-electron chi connectivity index (χ4n) is 1.74. The SMILES string of the molecule is COC(=O)C(N)c1cn(C)c2ncccc12. The highest BCUT2D eigenvalue weighted by molar-refractivity contribution is 5.88. The van der Waals surface area contributed by atoms with Gasteiger partial charge in [-0.05, 0) is 12.1 Å². The van der Waals surface area contributed by atoms with Gasteiger partial charge in [0.05, 0.1) is 7.11 Å². The molecule has 0 saturated carbocycles. The minimum atomic E-state index is -0.766.